The second kappa shape index (κ2) is 8.06. The summed E-state index contributed by atoms with van der Waals surface area (Å²) in [5.74, 6) is 0.784. The van der Waals surface area contributed by atoms with Crippen LogP contribution >= 0.6 is 0 Å². The Morgan fingerprint density at radius 1 is 1.10 bits per heavy atom. The van der Waals surface area contributed by atoms with Gasteiger partial charge >= 0.3 is 0 Å². The number of anilines is 2. The quantitative estimate of drug-likeness (QED) is 0.463. The number of carbonyl (C=O) groups excluding carboxylic acids is 1. The summed E-state index contributed by atoms with van der Waals surface area (Å²) < 4.78 is 1.68. The summed E-state index contributed by atoms with van der Waals surface area (Å²) in [5, 5.41) is 6.96. The van der Waals surface area contributed by atoms with Gasteiger partial charge in [-0.05, 0) is 37.0 Å². The fraction of sp³-hybridized carbons (Fsp3) is 0.217. The lowest BCUT2D eigenvalue weighted by atomic mass is 10.2. The van der Waals surface area contributed by atoms with Crippen molar-refractivity contribution in [3.63, 3.8) is 0 Å². The SMILES string of the molecule is NC(=O)c1cccc2c(-c3nc4c(c(NCc5ccccc5)n3)NCCCC4)ncn12. The van der Waals surface area contributed by atoms with Gasteiger partial charge in [-0.2, -0.15) is 0 Å². The molecule has 1 aliphatic heterocycles. The molecule has 0 unspecified atom stereocenters. The van der Waals surface area contributed by atoms with Crippen LogP contribution in [0.3, 0.4) is 0 Å². The summed E-state index contributed by atoms with van der Waals surface area (Å²) in [6.45, 7) is 1.55. The van der Waals surface area contributed by atoms with E-state index in [9.17, 15) is 4.79 Å². The van der Waals surface area contributed by atoms with Gasteiger partial charge in [0.05, 0.1) is 16.9 Å². The molecule has 3 aromatic heterocycles. The van der Waals surface area contributed by atoms with E-state index in [2.05, 4.69) is 27.8 Å². The van der Waals surface area contributed by atoms with Gasteiger partial charge in [0.2, 0.25) is 0 Å². The standard InChI is InChI=1S/C23H23N7O/c24-21(31)18-11-6-10-17-20(27-14-30(17)18)23-28-16-9-4-5-12-25-19(16)22(29-23)26-13-15-7-2-1-3-8-15/h1-3,6-8,10-11,14,25H,4-5,9,12-13H2,(H2,24,31)(H,26,28,29). The summed E-state index contributed by atoms with van der Waals surface area (Å²) in [7, 11) is 0. The zero-order valence-electron chi connectivity index (χ0n) is 17.0. The van der Waals surface area contributed by atoms with Crippen molar-refractivity contribution in [3.8, 4) is 11.5 Å². The van der Waals surface area contributed by atoms with Crippen LogP contribution in [-0.4, -0.2) is 31.8 Å². The van der Waals surface area contributed by atoms with Gasteiger partial charge in [-0.25, -0.2) is 15.0 Å². The Kier molecular flexibility index (Phi) is 4.95. The van der Waals surface area contributed by atoms with E-state index in [0.717, 1.165) is 48.5 Å². The molecule has 4 aromatic rings. The van der Waals surface area contributed by atoms with Crippen LogP contribution in [0.2, 0.25) is 0 Å². The summed E-state index contributed by atoms with van der Waals surface area (Å²) in [6.07, 6.45) is 4.61. The molecule has 0 bridgehead atoms. The Morgan fingerprint density at radius 3 is 2.81 bits per heavy atom. The number of imidazole rings is 1. The van der Waals surface area contributed by atoms with E-state index in [1.165, 1.54) is 5.56 Å². The molecule has 0 radical (unpaired) electrons. The average molecular weight is 413 g/mol. The molecule has 5 rings (SSSR count). The number of amides is 1. The zero-order chi connectivity index (χ0) is 21.2. The van der Waals surface area contributed by atoms with E-state index in [1.807, 2.05) is 24.3 Å². The fourth-order valence-electron chi connectivity index (χ4n) is 3.91. The lowest BCUT2D eigenvalue weighted by Crippen LogP contribution is -2.15. The van der Waals surface area contributed by atoms with E-state index in [-0.39, 0.29) is 0 Å². The number of aryl methyl sites for hydroxylation is 1. The van der Waals surface area contributed by atoms with E-state index >= 15 is 0 Å². The molecule has 1 aliphatic rings. The third-order valence-corrected chi connectivity index (χ3v) is 5.47. The molecule has 31 heavy (non-hydrogen) atoms. The number of rotatable bonds is 5. The second-order valence-corrected chi connectivity index (χ2v) is 7.56. The summed E-state index contributed by atoms with van der Waals surface area (Å²) >= 11 is 0. The highest BCUT2D eigenvalue weighted by Gasteiger charge is 2.20. The smallest absolute Gasteiger partial charge is 0.265 e. The number of primary amides is 1. The predicted molar refractivity (Wildman–Crippen MR) is 120 cm³/mol. The number of hydrogen-bond acceptors (Lipinski definition) is 6. The lowest BCUT2D eigenvalue weighted by molar-refractivity contribution is 0.0994. The second-order valence-electron chi connectivity index (χ2n) is 7.56. The van der Waals surface area contributed by atoms with Crippen molar-refractivity contribution in [2.24, 2.45) is 5.73 Å². The monoisotopic (exact) mass is 413 g/mol. The zero-order valence-corrected chi connectivity index (χ0v) is 17.0. The molecule has 8 nitrogen and oxygen atoms in total. The van der Waals surface area contributed by atoms with Gasteiger partial charge in [0.25, 0.3) is 5.91 Å². The number of nitrogens with one attached hydrogen (secondary N) is 2. The maximum absolute atomic E-state index is 11.8. The van der Waals surface area contributed by atoms with Gasteiger partial charge in [-0.3, -0.25) is 9.20 Å². The third kappa shape index (κ3) is 3.68. The van der Waals surface area contributed by atoms with Gasteiger partial charge in [0, 0.05) is 13.1 Å². The largest absolute Gasteiger partial charge is 0.381 e. The first-order chi connectivity index (χ1) is 15.2. The van der Waals surface area contributed by atoms with E-state index in [0.29, 0.717) is 23.8 Å². The highest BCUT2D eigenvalue weighted by atomic mass is 16.1. The van der Waals surface area contributed by atoms with Crippen molar-refractivity contribution < 1.29 is 4.79 Å². The molecule has 1 aromatic carbocycles. The topological polar surface area (TPSA) is 110 Å². The van der Waals surface area contributed by atoms with Crippen molar-refractivity contribution in [3.05, 3.63) is 71.8 Å². The lowest BCUT2D eigenvalue weighted by Gasteiger charge is -2.15. The molecular formula is C23H23N7O. The van der Waals surface area contributed by atoms with Crippen LogP contribution in [0.5, 0.6) is 0 Å². The Hall–Kier alpha value is -3.94. The maximum atomic E-state index is 11.8. The van der Waals surface area contributed by atoms with Gasteiger partial charge in [-0.1, -0.05) is 36.4 Å². The van der Waals surface area contributed by atoms with E-state index in [1.54, 1.807) is 22.9 Å². The predicted octanol–water partition coefficient (Wildman–Crippen LogP) is 3.25. The van der Waals surface area contributed by atoms with Gasteiger partial charge in [0.1, 0.15) is 17.7 Å². The normalized spacial score (nSPS) is 13.3. The first kappa shape index (κ1) is 19.0. The van der Waals surface area contributed by atoms with Crippen LogP contribution in [0.25, 0.3) is 17.0 Å². The number of benzene rings is 1. The Morgan fingerprint density at radius 2 is 1.97 bits per heavy atom. The minimum Gasteiger partial charge on any atom is -0.381 e. The molecule has 1 amide bonds. The van der Waals surface area contributed by atoms with Crippen molar-refractivity contribution >= 4 is 22.9 Å². The van der Waals surface area contributed by atoms with Crippen LogP contribution in [-0.2, 0) is 13.0 Å². The first-order valence-corrected chi connectivity index (χ1v) is 10.4. The molecule has 0 saturated carbocycles. The fourth-order valence-corrected chi connectivity index (χ4v) is 3.91. The number of hydrogen-bond donors (Lipinski definition) is 3. The molecule has 0 fully saturated rings. The summed E-state index contributed by atoms with van der Waals surface area (Å²) in [6, 6.07) is 15.6. The molecule has 0 aliphatic carbocycles. The van der Waals surface area contributed by atoms with Gasteiger partial charge in [0.15, 0.2) is 11.6 Å². The molecular weight excluding hydrogens is 390 g/mol. The summed E-state index contributed by atoms with van der Waals surface area (Å²) in [5.41, 5.74) is 10.4. The summed E-state index contributed by atoms with van der Waals surface area (Å²) in [4.78, 5) is 26.0. The highest BCUT2D eigenvalue weighted by molar-refractivity contribution is 5.93. The highest BCUT2D eigenvalue weighted by Crippen LogP contribution is 2.31. The number of aromatic nitrogens is 4. The molecule has 156 valence electrons. The van der Waals surface area contributed by atoms with Crippen LogP contribution < -0.4 is 16.4 Å². The van der Waals surface area contributed by atoms with Gasteiger partial charge in [-0.15, -0.1) is 0 Å². The molecule has 0 atom stereocenters. The Labute approximate surface area is 179 Å². The van der Waals surface area contributed by atoms with E-state index in [4.69, 9.17) is 15.7 Å². The third-order valence-electron chi connectivity index (χ3n) is 5.47. The van der Waals surface area contributed by atoms with Crippen LogP contribution in [0.15, 0.2) is 54.9 Å². The Balaban J connectivity index is 1.59. The van der Waals surface area contributed by atoms with Crippen molar-refractivity contribution in [1.29, 1.82) is 0 Å². The minimum absolute atomic E-state index is 0.370. The molecule has 8 heteroatoms. The minimum atomic E-state index is -0.508. The average Bonchev–Trinajstić information content (AvgIpc) is 3.08. The Bertz CT molecular complexity index is 1250. The maximum Gasteiger partial charge on any atom is 0.265 e. The number of pyridine rings is 1. The van der Waals surface area contributed by atoms with Crippen molar-refractivity contribution in [2.75, 3.05) is 17.2 Å². The number of nitrogens with zero attached hydrogens (tertiary/aromatic N) is 4. The van der Waals surface area contributed by atoms with E-state index < -0.39 is 5.91 Å². The van der Waals surface area contributed by atoms with Crippen LogP contribution in [0.1, 0.15) is 34.6 Å². The number of fused-ring (bicyclic) bond motifs is 2. The van der Waals surface area contributed by atoms with Crippen molar-refractivity contribution in [2.45, 2.75) is 25.8 Å². The van der Waals surface area contributed by atoms with Crippen molar-refractivity contribution in [1.82, 2.24) is 19.4 Å². The number of nitrogens with two attached hydrogens (primary N) is 1. The molecule has 0 saturated heterocycles. The first-order valence-electron chi connectivity index (χ1n) is 10.4. The molecule has 4 heterocycles. The van der Waals surface area contributed by atoms with Gasteiger partial charge < -0.3 is 16.4 Å². The van der Waals surface area contributed by atoms with Crippen LogP contribution in [0, 0.1) is 0 Å². The molecule has 0 spiro atoms. The molecule has 4 N–H and O–H groups in total. The number of carbonyl (C=O) groups is 1. The van der Waals surface area contributed by atoms with Crippen LogP contribution in [0.4, 0.5) is 11.5 Å².